The SMILES string of the molecule is CCCNC(=O)CN(C)C(=O)CSc1cc(N)cc(F)c1. The summed E-state index contributed by atoms with van der Waals surface area (Å²) >= 11 is 1.19. The lowest BCUT2D eigenvalue weighted by Gasteiger charge is -2.16. The smallest absolute Gasteiger partial charge is 0.239 e. The molecule has 0 aliphatic rings. The van der Waals surface area contributed by atoms with Gasteiger partial charge >= 0.3 is 0 Å². The van der Waals surface area contributed by atoms with Gasteiger partial charge < -0.3 is 16.0 Å². The quantitative estimate of drug-likeness (QED) is 0.591. The molecule has 0 radical (unpaired) electrons. The number of likely N-dealkylation sites (N-methyl/N-ethyl adjacent to an activating group) is 1. The predicted molar refractivity (Wildman–Crippen MR) is 82.5 cm³/mol. The molecule has 0 fully saturated rings. The molecule has 1 rings (SSSR count). The Kier molecular flexibility index (Phi) is 7.01. The number of carbonyl (C=O) groups excluding carboxylic acids is 2. The monoisotopic (exact) mass is 313 g/mol. The molecule has 0 atom stereocenters. The molecule has 0 unspecified atom stereocenters. The summed E-state index contributed by atoms with van der Waals surface area (Å²) in [6, 6.07) is 4.15. The second-order valence-corrected chi connectivity index (χ2v) is 5.66. The van der Waals surface area contributed by atoms with Gasteiger partial charge in [-0.15, -0.1) is 11.8 Å². The van der Waals surface area contributed by atoms with Gasteiger partial charge in [-0.3, -0.25) is 9.59 Å². The van der Waals surface area contributed by atoms with E-state index in [1.54, 1.807) is 13.1 Å². The highest BCUT2D eigenvalue weighted by atomic mass is 32.2. The minimum absolute atomic E-state index is 0.0185. The Bertz CT molecular complexity index is 491. The first kappa shape index (κ1) is 17.3. The first-order chi connectivity index (χ1) is 9.92. The molecule has 1 aromatic carbocycles. The Morgan fingerprint density at radius 2 is 2.10 bits per heavy atom. The summed E-state index contributed by atoms with van der Waals surface area (Å²) in [5, 5.41) is 2.70. The number of nitrogen functional groups attached to an aromatic ring is 1. The van der Waals surface area contributed by atoms with Gasteiger partial charge in [-0.05, 0) is 24.6 Å². The number of hydrogen-bond acceptors (Lipinski definition) is 4. The van der Waals surface area contributed by atoms with Crippen LogP contribution in [0.15, 0.2) is 23.1 Å². The van der Waals surface area contributed by atoms with Gasteiger partial charge in [0.2, 0.25) is 11.8 Å². The molecule has 0 aliphatic carbocycles. The van der Waals surface area contributed by atoms with Crippen LogP contribution in [0, 0.1) is 5.82 Å². The lowest BCUT2D eigenvalue weighted by molar-refractivity contribution is -0.132. The molecule has 21 heavy (non-hydrogen) atoms. The van der Waals surface area contributed by atoms with E-state index in [-0.39, 0.29) is 24.1 Å². The summed E-state index contributed by atoms with van der Waals surface area (Å²) in [4.78, 5) is 25.3. The summed E-state index contributed by atoms with van der Waals surface area (Å²) in [7, 11) is 1.56. The highest BCUT2D eigenvalue weighted by molar-refractivity contribution is 8.00. The first-order valence-electron chi connectivity index (χ1n) is 6.62. The molecule has 7 heteroatoms. The lowest BCUT2D eigenvalue weighted by Crippen LogP contribution is -2.39. The van der Waals surface area contributed by atoms with Gasteiger partial charge in [0, 0.05) is 24.2 Å². The Morgan fingerprint density at radius 1 is 1.38 bits per heavy atom. The lowest BCUT2D eigenvalue weighted by atomic mass is 10.3. The summed E-state index contributed by atoms with van der Waals surface area (Å²) < 4.78 is 13.2. The van der Waals surface area contributed by atoms with E-state index in [2.05, 4.69) is 5.32 Å². The molecule has 0 aromatic heterocycles. The fraction of sp³-hybridized carbons (Fsp3) is 0.429. The van der Waals surface area contributed by atoms with E-state index in [1.807, 2.05) is 6.92 Å². The average molecular weight is 313 g/mol. The number of nitrogens with one attached hydrogen (secondary N) is 1. The molecule has 0 bridgehead atoms. The van der Waals surface area contributed by atoms with Crippen LogP contribution >= 0.6 is 11.8 Å². The molecule has 0 heterocycles. The van der Waals surface area contributed by atoms with E-state index >= 15 is 0 Å². The number of amides is 2. The van der Waals surface area contributed by atoms with Crippen LogP contribution in [-0.4, -0.2) is 42.6 Å². The largest absolute Gasteiger partial charge is 0.399 e. The molecule has 0 spiro atoms. The molecular weight excluding hydrogens is 293 g/mol. The number of nitrogens with zero attached hydrogens (tertiary/aromatic N) is 1. The van der Waals surface area contributed by atoms with Crippen LogP contribution in [0.4, 0.5) is 10.1 Å². The van der Waals surface area contributed by atoms with Gasteiger partial charge in [0.25, 0.3) is 0 Å². The molecule has 5 nitrogen and oxygen atoms in total. The van der Waals surface area contributed by atoms with Crippen molar-refractivity contribution in [3.05, 3.63) is 24.0 Å². The number of nitrogens with two attached hydrogens (primary N) is 1. The highest BCUT2D eigenvalue weighted by Gasteiger charge is 2.13. The van der Waals surface area contributed by atoms with Crippen LogP contribution in [0.2, 0.25) is 0 Å². The van der Waals surface area contributed by atoms with E-state index in [0.29, 0.717) is 17.1 Å². The molecule has 0 aliphatic heterocycles. The van der Waals surface area contributed by atoms with Crippen LogP contribution in [0.3, 0.4) is 0 Å². The van der Waals surface area contributed by atoms with Crippen LogP contribution in [0.1, 0.15) is 13.3 Å². The van der Waals surface area contributed by atoms with Crippen molar-refractivity contribution in [2.75, 3.05) is 31.6 Å². The zero-order valence-electron chi connectivity index (χ0n) is 12.2. The Morgan fingerprint density at radius 3 is 2.71 bits per heavy atom. The van der Waals surface area contributed by atoms with Crippen LogP contribution in [0.5, 0.6) is 0 Å². The van der Waals surface area contributed by atoms with E-state index < -0.39 is 5.82 Å². The fourth-order valence-corrected chi connectivity index (χ4v) is 2.47. The fourth-order valence-electron chi connectivity index (χ4n) is 1.55. The number of carbonyl (C=O) groups is 2. The summed E-state index contributed by atoms with van der Waals surface area (Å²) in [5.41, 5.74) is 5.85. The normalized spacial score (nSPS) is 10.2. The van der Waals surface area contributed by atoms with Crippen LogP contribution in [-0.2, 0) is 9.59 Å². The second kappa shape index (κ2) is 8.51. The van der Waals surface area contributed by atoms with E-state index in [9.17, 15) is 14.0 Å². The number of anilines is 1. The van der Waals surface area contributed by atoms with Gasteiger partial charge in [-0.2, -0.15) is 0 Å². The van der Waals surface area contributed by atoms with E-state index in [1.165, 1.54) is 28.8 Å². The van der Waals surface area contributed by atoms with Crippen molar-refractivity contribution in [3.63, 3.8) is 0 Å². The minimum Gasteiger partial charge on any atom is -0.399 e. The van der Waals surface area contributed by atoms with Gasteiger partial charge in [-0.25, -0.2) is 4.39 Å². The standard InChI is InChI=1S/C14H20FN3O2S/c1-3-4-17-13(19)8-18(2)14(20)9-21-12-6-10(15)5-11(16)7-12/h5-7H,3-4,8-9,16H2,1-2H3,(H,17,19). The third-order valence-electron chi connectivity index (χ3n) is 2.63. The molecular formula is C14H20FN3O2S. The Labute approximate surface area is 128 Å². The molecule has 0 saturated heterocycles. The van der Waals surface area contributed by atoms with Crippen molar-refractivity contribution >= 4 is 29.3 Å². The minimum atomic E-state index is -0.433. The first-order valence-corrected chi connectivity index (χ1v) is 7.60. The topological polar surface area (TPSA) is 75.4 Å². The molecule has 2 amide bonds. The zero-order chi connectivity index (χ0) is 15.8. The average Bonchev–Trinajstić information content (AvgIpc) is 2.41. The van der Waals surface area contributed by atoms with Crippen LogP contribution in [0.25, 0.3) is 0 Å². The predicted octanol–water partition coefficient (Wildman–Crippen LogP) is 1.48. The maximum Gasteiger partial charge on any atom is 0.239 e. The number of hydrogen-bond donors (Lipinski definition) is 2. The van der Waals surface area contributed by atoms with Crippen molar-refractivity contribution in [1.82, 2.24) is 10.2 Å². The summed E-state index contributed by atoms with van der Waals surface area (Å²) in [6.45, 7) is 2.57. The van der Waals surface area contributed by atoms with Crippen LogP contribution < -0.4 is 11.1 Å². The maximum atomic E-state index is 13.2. The number of benzene rings is 1. The maximum absolute atomic E-state index is 13.2. The Balaban J connectivity index is 2.43. The third-order valence-corrected chi connectivity index (χ3v) is 3.59. The van der Waals surface area contributed by atoms with Crippen molar-refractivity contribution in [2.45, 2.75) is 18.2 Å². The van der Waals surface area contributed by atoms with Gasteiger partial charge in [0.15, 0.2) is 0 Å². The molecule has 0 saturated carbocycles. The van der Waals surface area contributed by atoms with Crippen molar-refractivity contribution < 1.29 is 14.0 Å². The van der Waals surface area contributed by atoms with E-state index in [0.717, 1.165) is 6.42 Å². The van der Waals surface area contributed by atoms with Crippen molar-refractivity contribution in [2.24, 2.45) is 0 Å². The van der Waals surface area contributed by atoms with Gasteiger partial charge in [0.05, 0.1) is 12.3 Å². The van der Waals surface area contributed by atoms with Crippen molar-refractivity contribution in [3.8, 4) is 0 Å². The third kappa shape index (κ3) is 6.48. The van der Waals surface area contributed by atoms with Gasteiger partial charge in [-0.1, -0.05) is 6.92 Å². The number of thioether (sulfide) groups is 1. The van der Waals surface area contributed by atoms with Gasteiger partial charge in [0.1, 0.15) is 5.82 Å². The molecule has 3 N–H and O–H groups in total. The molecule has 1 aromatic rings. The number of halogens is 1. The molecule has 116 valence electrons. The second-order valence-electron chi connectivity index (χ2n) is 4.61. The van der Waals surface area contributed by atoms with Crippen molar-refractivity contribution in [1.29, 1.82) is 0 Å². The highest BCUT2D eigenvalue weighted by Crippen LogP contribution is 2.22. The number of rotatable bonds is 7. The Hall–Kier alpha value is -1.76. The summed E-state index contributed by atoms with van der Waals surface area (Å²) in [5.74, 6) is -0.695. The summed E-state index contributed by atoms with van der Waals surface area (Å²) in [6.07, 6.45) is 0.847. The van der Waals surface area contributed by atoms with E-state index in [4.69, 9.17) is 5.73 Å². The zero-order valence-corrected chi connectivity index (χ0v) is 13.0.